The summed E-state index contributed by atoms with van der Waals surface area (Å²) in [6.45, 7) is 9.83. The number of hydrogen-bond donors (Lipinski definition) is 0. The van der Waals surface area contributed by atoms with E-state index in [0.29, 0.717) is 5.70 Å². The zero-order valence-electron chi connectivity index (χ0n) is 6.76. The van der Waals surface area contributed by atoms with Crippen molar-refractivity contribution >= 4 is 0 Å². The van der Waals surface area contributed by atoms with Crippen molar-refractivity contribution in [2.75, 3.05) is 0 Å². The normalized spacial score (nSPS) is 10.3. The summed E-state index contributed by atoms with van der Waals surface area (Å²) >= 11 is 0. The van der Waals surface area contributed by atoms with Crippen molar-refractivity contribution in [2.24, 2.45) is 10.5 Å². The summed E-state index contributed by atoms with van der Waals surface area (Å²) in [5.41, 5.74) is 8.80. The molecule has 56 valence electrons. The van der Waals surface area contributed by atoms with Crippen LogP contribution in [0.4, 0.5) is 0 Å². The predicted octanol–water partition coefficient (Wildman–Crippen LogP) is 3.25. The molecule has 0 aromatic carbocycles. The lowest BCUT2D eigenvalue weighted by atomic mass is 9.91. The third kappa shape index (κ3) is 5.19. The molecule has 0 N–H and O–H groups in total. The van der Waals surface area contributed by atoms with Gasteiger partial charge in [0, 0.05) is 10.6 Å². The molecule has 0 aliphatic heterocycles. The number of rotatable bonds is 2. The molecule has 0 saturated carbocycles. The maximum Gasteiger partial charge on any atom is 0.00839 e. The van der Waals surface area contributed by atoms with E-state index < -0.39 is 0 Å². The molecule has 10 heavy (non-hydrogen) atoms. The first-order valence-electron chi connectivity index (χ1n) is 3.18. The van der Waals surface area contributed by atoms with Crippen LogP contribution in [0.3, 0.4) is 0 Å². The Balaban J connectivity index is 3.92. The van der Waals surface area contributed by atoms with Crippen LogP contribution in [0.5, 0.6) is 0 Å². The van der Waals surface area contributed by atoms with Crippen molar-refractivity contribution in [1.29, 1.82) is 0 Å². The van der Waals surface area contributed by atoms with Crippen LogP contribution >= 0.6 is 0 Å². The molecule has 0 atom stereocenters. The molecule has 3 heteroatoms. The van der Waals surface area contributed by atoms with Crippen molar-refractivity contribution in [1.82, 2.24) is 0 Å². The standard InChI is InChI=1S/C7H13N3/c1-6(9-10-8)5-7(2,3)4/h1,5H2,2-4H3. The summed E-state index contributed by atoms with van der Waals surface area (Å²) in [5, 5.41) is 3.40. The van der Waals surface area contributed by atoms with Crippen molar-refractivity contribution in [3.8, 4) is 0 Å². The van der Waals surface area contributed by atoms with Gasteiger partial charge in [0.2, 0.25) is 0 Å². The lowest BCUT2D eigenvalue weighted by Crippen LogP contribution is -2.04. The van der Waals surface area contributed by atoms with Crippen LogP contribution in [0.1, 0.15) is 27.2 Å². The maximum atomic E-state index is 8.03. The van der Waals surface area contributed by atoms with Gasteiger partial charge in [0.05, 0.1) is 0 Å². The first kappa shape index (κ1) is 9.05. The Labute approximate surface area is 61.4 Å². The highest BCUT2D eigenvalue weighted by atomic mass is 15.1. The van der Waals surface area contributed by atoms with Crippen molar-refractivity contribution in [3.63, 3.8) is 0 Å². The molecule has 0 aliphatic carbocycles. The van der Waals surface area contributed by atoms with Crippen LogP contribution in [0.15, 0.2) is 17.4 Å². The van der Waals surface area contributed by atoms with Crippen LogP contribution in [0, 0.1) is 5.41 Å². The first-order valence-corrected chi connectivity index (χ1v) is 3.18. The van der Waals surface area contributed by atoms with Crippen LogP contribution in [-0.2, 0) is 0 Å². The first-order chi connectivity index (χ1) is 4.45. The van der Waals surface area contributed by atoms with Crippen LogP contribution in [0.25, 0.3) is 10.4 Å². The van der Waals surface area contributed by atoms with E-state index in [0.717, 1.165) is 6.42 Å². The maximum absolute atomic E-state index is 8.03. The summed E-state index contributed by atoms with van der Waals surface area (Å²) in [7, 11) is 0. The van der Waals surface area contributed by atoms with Crippen molar-refractivity contribution < 1.29 is 0 Å². The minimum Gasteiger partial charge on any atom is -0.0936 e. The Bertz CT molecular complexity index is 170. The number of nitrogens with zero attached hydrogens (tertiary/aromatic N) is 3. The SMILES string of the molecule is C=C(CC(C)(C)C)N=[N+]=[N-]. The fourth-order valence-electron chi connectivity index (χ4n) is 0.711. The van der Waals surface area contributed by atoms with E-state index >= 15 is 0 Å². The molecule has 0 bridgehead atoms. The molecule has 0 fully saturated rings. The molecule has 0 aromatic heterocycles. The van der Waals surface area contributed by atoms with E-state index in [4.69, 9.17) is 5.53 Å². The van der Waals surface area contributed by atoms with E-state index in [9.17, 15) is 0 Å². The zero-order valence-corrected chi connectivity index (χ0v) is 6.76. The van der Waals surface area contributed by atoms with Crippen LogP contribution in [-0.4, -0.2) is 0 Å². The molecule has 0 spiro atoms. The number of azide groups is 1. The fraction of sp³-hybridized carbons (Fsp3) is 0.714. The van der Waals surface area contributed by atoms with Gasteiger partial charge in [-0.3, -0.25) is 0 Å². The van der Waals surface area contributed by atoms with Crippen molar-refractivity contribution in [3.05, 3.63) is 22.7 Å². The molecule has 0 rings (SSSR count). The average Bonchev–Trinajstić information content (AvgIpc) is 1.59. The molecule has 0 saturated heterocycles. The third-order valence-electron chi connectivity index (χ3n) is 0.921. The van der Waals surface area contributed by atoms with Gasteiger partial charge in [0.25, 0.3) is 0 Å². The Hall–Kier alpha value is -0.950. The summed E-state index contributed by atoms with van der Waals surface area (Å²) in [6, 6.07) is 0. The highest BCUT2D eigenvalue weighted by Crippen LogP contribution is 2.23. The van der Waals surface area contributed by atoms with Gasteiger partial charge in [-0.05, 0) is 17.4 Å². The molecule has 0 amide bonds. The van der Waals surface area contributed by atoms with Gasteiger partial charge in [-0.25, -0.2) is 0 Å². The average molecular weight is 139 g/mol. The zero-order chi connectivity index (χ0) is 8.20. The number of allylic oxidation sites excluding steroid dienone is 1. The smallest absolute Gasteiger partial charge is 0.00839 e. The number of hydrogen-bond acceptors (Lipinski definition) is 1. The second-order valence-electron chi connectivity index (χ2n) is 3.49. The summed E-state index contributed by atoms with van der Waals surface area (Å²) in [4.78, 5) is 2.65. The summed E-state index contributed by atoms with van der Waals surface area (Å²) in [5.74, 6) is 0. The molecule has 0 aliphatic rings. The van der Waals surface area contributed by atoms with Gasteiger partial charge in [-0.1, -0.05) is 32.5 Å². The Morgan fingerprint density at radius 2 is 2.10 bits per heavy atom. The Morgan fingerprint density at radius 3 is 2.40 bits per heavy atom. The molecule has 0 heterocycles. The Morgan fingerprint density at radius 1 is 1.60 bits per heavy atom. The molecular formula is C7H13N3. The summed E-state index contributed by atoms with van der Waals surface area (Å²) in [6.07, 6.45) is 0.747. The van der Waals surface area contributed by atoms with Crippen LogP contribution < -0.4 is 0 Å². The monoisotopic (exact) mass is 139 g/mol. The van der Waals surface area contributed by atoms with Gasteiger partial charge >= 0.3 is 0 Å². The van der Waals surface area contributed by atoms with Gasteiger partial charge in [0.1, 0.15) is 0 Å². The van der Waals surface area contributed by atoms with E-state index in [-0.39, 0.29) is 5.41 Å². The topological polar surface area (TPSA) is 48.8 Å². The summed E-state index contributed by atoms with van der Waals surface area (Å²) < 4.78 is 0. The van der Waals surface area contributed by atoms with Crippen molar-refractivity contribution in [2.45, 2.75) is 27.2 Å². The predicted molar refractivity (Wildman–Crippen MR) is 42.4 cm³/mol. The van der Waals surface area contributed by atoms with Crippen LogP contribution in [0.2, 0.25) is 0 Å². The van der Waals surface area contributed by atoms with E-state index in [1.54, 1.807) is 0 Å². The minimum absolute atomic E-state index is 0.158. The Kier molecular flexibility index (Phi) is 2.97. The fourth-order valence-corrected chi connectivity index (χ4v) is 0.711. The highest BCUT2D eigenvalue weighted by Gasteiger charge is 2.10. The quantitative estimate of drug-likeness (QED) is 0.320. The van der Waals surface area contributed by atoms with E-state index in [2.05, 4.69) is 37.4 Å². The molecule has 0 aromatic rings. The third-order valence-corrected chi connectivity index (χ3v) is 0.921. The second-order valence-corrected chi connectivity index (χ2v) is 3.49. The van der Waals surface area contributed by atoms with Gasteiger partial charge < -0.3 is 0 Å². The van der Waals surface area contributed by atoms with E-state index in [1.165, 1.54) is 0 Å². The lowest BCUT2D eigenvalue weighted by molar-refractivity contribution is 0.408. The van der Waals surface area contributed by atoms with Gasteiger partial charge in [-0.2, -0.15) is 0 Å². The van der Waals surface area contributed by atoms with Gasteiger partial charge in [0.15, 0.2) is 0 Å². The van der Waals surface area contributed by atoms with Gasteiger partial charge in [-0.15, -0.1) is 0 Å². The molecule has 0 radical (unpaired) electrons. The minimum atomic E-state index is 0.158. The molecule has 3 nitrogen and oxygen atoms in total. The largest absolute Gasteiger partial charge is 0.0936 e. The lowest BCUT2D eigenvalue weighted by Gasteiger charge is -2.16. The second kappa shape index (κ2) is 3.28. The molecular weight excluding hydrogens is 126 g/mol. The van der Waals surface area contributed by atoms with E-state index in [1.807, 2.05) is 0 Å². The molecule has 0 unspecified atom stereocenters. The highest BCUT2D eigenvalue weighted by molar-refractivity contribution is 4.94.